The molecule has 442 valence electrons. The van der Waals surface area contributed by atoms with Gasteiger partial charge in [-0.05, 0) is 183 Å². The van der Waals surface area contributed by atoms with E-state index in [9.17, 15) is 4.79 Å². The standard InChI is InChI=1S/C10H15N.C9H13NO.2C9H13N.C8H12N2.C8H14N2.C8H11NO.C6H11N3/c1-7(2)10-5-8(3)11-9(4)6-10;1-7(2)8-4-5-10-9(6-8)11-3;1-7(2)9-4-5-10-6-8(9)3;1-7(2)9-4-5-10-8(3)6-9;1-6(2)8-4-7(3)10-9-5-8;1-5(2)8-6(3)9-7(4)10-8;1-6(2)7-3-4-9-8(10)5-7;1-5(2)6-4-7-8-9(6)3/h5-7H,1-4H3;4-7H,1-3H3;2*4-7H,1-3H3;4-6H,1-3H3;5H,1-4H3,(H,9,10);3-6H,1-2H3,(H,9,10);4-5H,1-3H3. The molecular formula is C67H102N12O2. The summed E-state index contributed by atoms with van der Waals surface area (Å²) in [5.74, 6) is 6.11. The molecule has 0 spiro atoms. The van der Waals surface area contributed by atoms with Crippen LogP contribution in [0.4, 0.5) is 0 Å². The monoisotopic (exact) mass is 1110 g/mol. The number of nitrogens with one attached hydrogen (secondary N) is 2. The molecule has 0 aliphatic heterocycles. The summed E-state index contributed by atoms with van der Waals surface area (Å²) in [4.78, 5) is 37.3. The molecule has 0 atom stereocenters. The van der Waals surface area contributed by atoms with E-state index < -0.39 is 0 Å². The highest BCUT2D eigenvalue weighted by atomic mass is 16.5. The molecule has 8 heterocycles. The van der Waals surface area contributed by atoms with E-state index in [0.717, 1.165) is 34.2 Å². The Balaban J connectivity index is 0.000000463. The zero-order valence-corrected chi connectivity index (χ0v) is 54.2. The third-order valence-electron chi connectivity index (χ3n) is 12.5. The van der Waals surface area contributed by atoms with Gasteiger partial charge in [0.15, 0.2) is 0 Å². The van der Waals surface area contributed by atoms with Crippen molar-refractivity contribution < 1.29 is 4.74 Å². The molecule has 0 saturated heterocycles. The third-order valence-corrected chi connectivity index (χ3v) is 12.5. The number of pyridine rings is 5. The molecule has 14 heteroatoms. The fraction of sp³-hybridized carbons (Fsp3) is 0.493. The van der Waals surface area contributed by atoms with E-state index in [-0.39, 0.29) is 5.56 Å². The van der Waals surface area contributed by atoms with Crippen LogP contribution in [0, 0.1) is 48.5 Å². The van der Waals surface area contributed by atoms with Gasteiger partial charge in [-0.25, -0.2) is 9.97 Å². The summed E-state index contributed by atoms with van der Waals surface area (Å²) in [6, 6.07) is 20.2. The van der Waals surface area contributed by atoms with E-state index in [0.29, 0.717) is 53.2 Å². The van der Waals surface area contributed by atoms with Gasteiger partial charge in [0, 0.05) is 72.9 Å². The molecule has 0 saturated carbocycles. The number of aryl methyl sites for hydroxylation is 8. The molecule has 81 heavy (non-hydrogen) atoms. The van der Waals surface area contributed by atoms with E-state index in [1.807, 2.05) is 84.7 Å². The maximum atomic E-state index is 10.7. The summed E-state index contributed by atoms with van der Waals surface area (Å²) in [6.07, 6.45) is 12.7. The quantitative estimate of drug-likeness (QED) is 0.140. The SMILES string of the molecule is CC(C)c1cc[nH]c(=O)c1.CC(C)c1cnnn1C.COc1cc(C(C)C)ccn1.Cc1cc(C(C)C)cc(C)n1.Cc1cc(C(C)C)ccn1.Cc1cc(C(C)C)cnn1.Cc1cnccc1C(C)C.Cc1nc(C(C)C)c(C)[nH]1. The van der Waals surface area contributed by atoms with Crippen LogP contribution in [0.15, 0.2) is 109 Å². The number of ether oxygens (including phenoxy) is 1. The van der Waals surface area contributed by atoms with Gasteiger partial charge in [0.05, 0.1) is 36.6 Å². The van der Waals surface area contributed by atoms with Crippen molar-refractivity contribution in [1.29, 1.82) is 0 Å². The van der Waals surface area contributed by atoms with Crippen LogP contribution in [0.25, 0.3) is 0 Å². The lowest BCUT2D eigenvalue weighted by Crippen LogP contribution is -2.04. The van der Waals surface area contributed by atoms with Gasteiger partial charge in [-0.2, -0.15) is 10.2 Å². The summed E-state index contributed by atoms with van der Waals surface area (Å²) in [5, 5.41) is 15.3. The molecule has 2 N–H and O–H groups in total. The largest absolute Gasteiger partial charge is 0.481 e. The summed E-state index contributed by atoms with van der Waals surface area (Å²) in [5.41, 5.74) is 16.9. The van der Waals surface area contributed by atoms with Gasteiger partial charge in [0.2, 0.25) is 11.4 Å². The second-order valence-corrected chi connectivity index (χ2v) is 22.7. The molecule has 0 fully saturated rings. The topological polar surface area (TPSA) is 179 Å². The number of methoxy groups -OCH3 is 1. The van der Waals surface area contributed by atoms with Gasteiger partial charge < -0.3 is 14.7 Å². The van der Waals surface area contributed by atoms with E-state index in [4.69, 9.17) is 4.74 Å². The Kier molecular flexibility index (Phi) is 33.4. The third kappa shape index (κ3) is 29.2. The lowest BCUT2D eigenvalue weighted by atomic mass is 10.0. The first-order valence-corrected chi connectivity index (χ1v) is 28.6. The summed E-state index contributed by atoms with van der Waals surface area (Å²) in [7, 11) is 3.54. The zero-order chi connectivity index (χ0) is 61.5. The maximum Gasteiger partial charge on any atom is 0.248 e. The van der Waals surface area contributed by atoms with Crippen LogP contribution in [0.3, 0.4) is 0 Å². The molecule has 14 nitrogen and oxygen atoms in total. The maximum absolute atomic E-state index is 10.7. The van der Waals surface area contributed by atoms with Gasteiger partial charge in [-0.3, -0.25) is 24.4 Å². The summed E-state index contributed by atoms with van der Waals surface area (Å²) < 4.78 is 6.79. The first-order chi connectivity index (χ1) is 38.0. The zero-order valence-electron chi connectivity index (χ0n) is 54.2. The Labute approximate surface area is 488 Å². The average Bonchev–Trinajstić information content (AvgIpc) is 4.00. The van der Waals surface area contributed by atoms with E-state index in [2.05, 4.69) is 216 Å². The number of rotatable bonds is 9. The van der Waals surface area contributed by atoms with Crippen molar-refractivity contribution in [2.45, 2.75) is 207 Å². The molecule has 0 aliphatic rings. The first kappa shape index (κ1) is 71.8. The normalized spacial score (nSPS) is 10.5. The minimum absolute atomic E-state index is 0.0220. The molecular weight excluding hydrogens is 1000 g/mol. The number of aromatic amines is 2. The van der Waals surface area contributed by atoms with E-state index in [1.54, 1.807) is 36.4 Å². The lowest BCUT2D eigenvalue weighted by Gasteiger charge is -2.06. The fourth-order valence-corrected chi connectivity index (χ4v) is 7.79. The van der Waals surface area contributed by atoms with Gasteiger partial charge in [-0.15, -0.1) is 5.10 Å². The second kappa shape index (κ2) is 37.7. The molecule has 8 aromatic rings. The first-order valence-electron chi connectivity index (χ1n) is 28.6. The summed E-state index contributed by atoms with van der Waals surface area (Å²) in [6.45, 7) is 48.7. The Bertz CT molecular complexity index is 2970. The highest BCUT2D eigenvalue weighted by Crippen LogP contribution is 2.20. The Morgan fingerprint density at radius 1 is 0.494 bits per heavy atom. The smallest absolute Gasteiger partial charge is 0.248 e. The predicted molar refractivity (Wildman–Crippen MR) is 338 cm³/mol. The van der Waals surface area contributed by atoms with Gasteiger partial charge >= 0.3 is 0 Å². The number of H-pyrrole nitrogens is 2. The number of hydrogen-bond acceptors (Lipinski definition) is 11. The van der Waals surface area contributed by atoms with Crippen molar-refractivity contribution in [1.82, 2.24) is 60.1 Å². The van der Waals surface area contributed by atoms with Crippen molar-refractivity contribution in [3.05, 3.63) is 199 Å². The summed E-state index contributed by atoms with van der Waals surface area (Å²) >= 11 is 0. The molecule has 8 aromatic heterocycles. The highest BCUT2D eigenvalue weighted by Gasteiger charge is 2.08. The minimum atomic E-state index is -0.0220. The molecule has 0 unspecified atom stereocenters. The van der Waals surface area contributed by atoms with Crippen LogP contribution in [0.5, 0.6) is 5.88 Å². The van der Waals surface area contributed by atoms with E-state index in [1.165, 1.54) is 50.5 Å². The van der Waals surface area contributed by atoms with Crippen LogP contribution in [0.1, 0.15) is 243 Å². The molecule has 8 rings (SSSR count). The van der Waals surface area contributed by atoms with E-state index >= 15 is 0 Å². The predicted octanol–water partition coefficient (Wildman–Crippen LogP) is 16.6. The highest BCUT2D eigenvalue weighted by molar-refractivity contribution is 5.26. The van der Waals surface area contributed by atoms with Crippen molar-refractivity contribution in [3.8, 4) is 5.88 Å². The average molecular weight is 1110 g/mol. The Morgan fingerprint density at radius 3 is 1.38 bits per heavy atom. The number of aromatic nitrogens is 12. The van der Waals surface area contributed by atoms with Gasteiger partial charge in [-0.1, -0.05) is 116 Å². The molecule has 0 aromatic carbocycles. The Morgan fingerprint density at radius 2 is 1.02 bits per heavy atom. The lowest BCUT2D eigenvalue weighted by molar-refractivity contribution is 0.397. The van der Waals surface area contributed by atoms with Crippen molar-refractivity contribution in [3.63, 3.8) is 0 Å². The molecule has 0 bridgehead atoms. The van der Waals surface area contributed by atoms with Crippen LogP contribution in [-0.4, -0.2) is 67.2 Å². The molecule has 0 aliphatic carbocycles. The van der Waals surface area contributed by atoms with Crippen molar-refractivity contribution in [2.75, 3.05) is 7.11 Å². The minimum Gasteiger partial charge on any atom is -0.481 e. The van der Waals surface area contributed by atoms with Crippen LogP contribution in [0.2, 0.25) is 0 Å². The number of nitrogens with zero attached hydrogens (tertiary/aromatic N) is 10. The molecule has 0 amide bonds. The van der Waals surface area contributed by atoms with Gasteiger partial charge in [0.1, 0.15) is 5.82 Å². The van der Waals surface area contributed by atoms with Crippen molar-refractivity contribution >= 4 is 0 Å². The second-order valence-electron chi connectivity index (χ2n) is 22.7. The Hall–Kier alpha value is -7.22. The van der Waals surface area contributed by atoms with Crippen molar-refractivity contribution in [2.24, 2.45) is 7.05 Å². The molecule has 0 radical (unpaired) electrons. The van der Waals surface area contributed by atoms with Gasteiger partial charge in [0.25, 0.3) is 0 Å². The number of imidazole rings is 1. The van der Waals surface area contributed by atoms with Crippen LogP contribution < -0.4 is 10.3 Å². The fourth-order valence-electron chi connectivity index (χ4n) is 7.79. The number of hydrogen-bond donors (Lipinski definition) is 2. The van der Waals surface area contributed by atoms with Crippen LogP contribution in [-0.2, 0) is 7.05 Å². The van der Waals surface area contributed by atoms with Crippen LogP contribution >= 0.6 is 0 Å².